The number of nitriles is 1. The highest BCUT2D eigenvalue weighted by Crippen LogP contribution is 2.27. The molecule has 0 unspecified atom stereocenters. The number of hydrogen-bond acceptors (Lipinski definition) is 5. The zero-order valence-electron chi connectivity index (χ0n) is 16.3. The number of amides is 2. The number of halogens is 2. The van der Waals surface area contributed by atoms with Gasteiger partial charge < -0.3 is 20.3 Å². The molecule has 1 aliphatic rings. The molecule has 2 N–H and O–H groups in total. The van der Waals surface area contributed by atoms with E-state index in [1.807, 2.05) is 6.07 Å². The molecular weight excluding hydrogens is 370 g/mol. The number of alkyl carbamates (subject to hydrolysis) is 1. The summed E-state index contributed by atoms with van der Waals surface area (Å²) in [5, 5.41) is 14.4. The molecule has 1 aromatic rings. The summed E-state index contributed by atoms with van der Waals surface area (Å²) in [6, 6.07) is 2.65. The first kappa shape index (κ1) is 21.4. The van der Waals surface area contributed by atoms with Crippen LogP contribution in [0, 0.1) is 23.0 Å². The number of benzene rings is 1. The second-order valence-electron chi connectivity index (χ2n) is 7.70. The fraction of sp³-hybridized carbons (Fsp3) is 0.526. The van der Waals surface area contributed by atoms with Crippen molar-refractivity contribution in [3.8, 4) is 6.07 Å². The minimum Gasteiger partial charge on any atom is -0.444 e. The van der Waals surface area contributed by atoms with Crippen molar-refractivity contribution in [1.29, 1.82) is 5.26 Å². The Balaban J connectivity index is 1.94. The molecule has 0 radical (unpaired) electrons. The molecule has 0 bridgehead atoms. The number of nitrogens with one attached hydrogen (secondary N) is 2. The van der Waals surface area contributed by atoms with Gasteiger partial charge in [-0.1, -0.05) is 0 Å². The van der Waals surface area contributed by atoms with Gasteiger partial charge >= 0.3 is 6.09 Å². The molecule has 1 heterocycles. The van der Waals surface area contributed by atoms with Crippen molar-refractivity contribution in [2.45, 2.75) is 51.8 Å². The number of anilines is 1. The van der Waals surface area contributed by atoms with Crippen molar-refractivity contribution in [2.24, 2.45) is 0 Å². The standard InChI is InChI=1S/C19H24F2N4O3/c1-11(23-18(27)28-19(2,3)4)17(26)24-13-5-6-25(10-13)16-8-15(21)14(20)7-12(16)9-22/h7-8,11,13H,5-6,10H2,1-4H3,(H,23,27)(H,24,26)/t11-,13-/m0/s1. The van der Waals surface area contributed by atoms with Crippen LogP contribution in [0.2, 0.25) is 0 Å². The first-order valence-electron chi connectivity index (χ1n) is 8.94. The van der Waals surface area contributed by atoms with Gasteiger partial charge in [0.05, 0.1) is 11.3 Å². The molecule has 2 atom stereocenters. The predicted octanol–water partition coefficient (Wildman–Crippen LogP) is 2.44. The van der Waals surface area contributed by atoms with Crippen LogP contribution in [-0.4, -0.2) is 42.8 Å². The first-order chi connectivity index (χ1) is 13.0. The molecule has 0 saturated carbocycles. The Bertz CT molecular complexity index is 802. The van der Waals surface area contributed by atoms with E-state index in [1.54, 1.807) is 25.7 Å². The average Bonchev–Trinajstić information content (AvgIpc) is 3.03. The van der Waals surface area contributed by atoms with Crippen LogP contribution in [0.25, 0.3) is 0 Å². The summed E-state index contributed by atoms with van der Waals surface area (Å²) < 4.78 is 32.0. The van der Waals surface area contributed by atoms with Crippen molar-refractivity contribution >= 4 is 17.7 Å². The van der Waals surface area contributed by atoms with Crippen LogP contribution in [0.4, 0.5) is 19.3 Å². The summed E-state index contributed by atoms with van der Waals surface area (Å²) in [6.07, 6.45) is -0.127. The van der Waals surface area contributed by atoms with Crippen LogP contribution in [0.5, 0.6) is 0 Å². The number of hydrogen-bond donors (Lipinski definition) is 2. The highest BCUT2D eigenvalue weighted by Gasteiger charge is 2.28. The van der Waals surface area contributed by atoms with Gasteiger partial charge in [-0.25, -0.2) is 13.6 Å². The molecule has 0 aromatic heterocycles. The van der Waals surface area contributed by atoms with Gasteiger partial charge in [-0.15, -0.1) is 0 Å². The maximum atomic E-state index is 13.6. The Morgan fingerprint density at radius 1 is 1.32 bits per heavy atom. The van der Waals surface area contributed by atoms with E-state index in [4.69, 9.17) is 10.00 Å². The number of carbonyl (C=O) groups is 2. The smallest absolute Gasteiger partial charge is 0.408 e. The number of nitrogens with zero attached hydrogens (tertiary/aromatic N) is 2. The molecule has 2 amide bonds. The quantitative estimate of drug-likeness (QED) is 0.818. The van der Waals surface area contributed by atoms with E-state index in [2.05, 4.69) is 10.6 Å². The predicted molar refractivity (Wildman–Crippen MR) is 98.7 cm³/mol. The Morgan fingerprint density at radius 2 is 1.96 bits per heavy atom. The highest BCUT2D eigenvalue weighted by atomic mass is 19.2. The normalized spacial score (nSPS) is 17.6. The van der Waals surface area contributed by atoms with Gasteiger partial charge in [0, 0.05) is 25.2 Å². The van der Waals surface area contributed by atoms with E-state index in [9.17, 15) is 18.4 Å². The molecule has 2 rings (SSSR count). The van der Waals surface area contributed by atoms with Crippen molar-refractivity contribution in [3.05, 3.63) is 29.3 Å². The van der Waals surface area contributed by atoms with Gasteiger partial charge in [-0.2, -0.15) is 5.26 Å². The number of ether oxygens (including phenoxy) is 1. The van der Waals surface area contributed by atoms with Crippen LogP contribution < -0.4 is 15.5 Å². The largest absolute Gasteiger partial charge is 0.444 e. The summed E-state index contributed by atoms with van der Waals surface area (Å²) in [4.78, 5) is 25.8. The van der Waals surface area contributed by atoms with Crippen LogP contribution in [0.3, 0.4) is 0 Å². The Kier molecular flexibility index (Phi) is 6.44. The lowest BCUT2D eigenvalue weighted by atomic mass is 10.1. The summed E-state index contributed by atoms with van der Waals surface area (Å²) in [6.45, 7) is 7.51. The topological polar surface area (TPSA) is 94.5 Å². The number of rotatable bonds is 4. The lowest BCUT2D eigenvalue weighted by Gasteiger charge is -2.23. The van der Waals surface area contributed by atoms with Crippen molar-refractivity contribution < 1.29 is 23.1 Å². The van der Waals surface area contributed by atoms with E-state index < -0.39 is 29.4 Å². The Hall–Kier alpha value is -2.89. The van der Waals surface area contributed by atoms with Crippen molar-refractivity contribution in [1.82, 2.24) is 10.6 Å². The van der Waals surface area contributed by atoms with Crippen LogP contribution in [0.1, 0.15) is 39.7 Å². The van der Waals surface area contributed by atoms with E-state index in [-0.39, 0.29) is 23.2 Å². The maximum Gasteiger partial charge on any atom is 0.408 e. The van der Waals surface area contributed by atoms with Crippen LogP contribution in [0.15, 0.2) is 12.1 Å². The van der Waals surface area contributed by atoms with Gasteiger partial charge in [0.15, 0.2) is 11.6 Å². The van der Waals surface area contributed by atoms with Gasteiger partial charge in [-0.3, -0.25) is 4.79 Å². The molecule has 1 aromatic carbocycles. The molecule has 1 saturated heterocycles. The van der Waals surface area contributed by atoms with Crippen LogP contribution in [-0.2, 0) is 9.53 Å². The lowest BCUT2D eigenvalue weighted by Crippen LogP contribution is -2.49. The monoisotopic (exact) mass is 394 g/mol. The van der Waals surface area contributed by atoms with Crippen molar-refractivity contribution in [2.75, 3.05) is 18.0 Å². The molecule has 7 nitrogen and oxygen atoms in total. The van der Waals surface area contributed by atoms with Crippen LogP contribution >= 0.6 is 0 Å². The van der Waals surface area contributed by atoms with Gasteiger partial charge in [0.1, 0.15) is 17.7 Å². The summed E-state index contributed by atoms with van der Waals surface area (Å²) in [5.41, 5.74) is -0.348. The summed E-state index contributed by atoms with van der Waals surface area (Å²) in [7, 11) is 0. The fourth-order valence-electron chi connectivity index (χ4n) is 2.86. The van der Waals surface area contributed by atoms with Gasteiger partial charge in [-0.05, 0) is 40.2 Å². The van der Waals surface area contributed by atoms with E-state index in [0.29, 0.717) is 19.5 Å². The molecule has 9 heteroatoms. The Labute approximate surface area is 162 Å². The minimum atomic E-state index is -1.08. The third-order valence-electron chi connectivity index (χ3n) is 4.16. The second kappa shape index (κ2) is 8.42. The highest BCUT2D eigenvalue weighted by molar-refractivity contribution is 5.85. The van der Waals surface area contributed by atoms with E-state index in [1.165, 1.54) is 6.92 Å². The van der Waals surface area contributed by atoms with Gasteiger partial charge in [0.2, 0.25) is 5.91 Å². The molecule has 0 spiro atoms. The molecule has 28 heavy (non-hydrogen) atoms. The third-order valence-corrected chi connectivity index (χ3v) is 4.16. The number of carbonyl (C=O) groups excluding carboxylic acids is 2. The SMILES string of the molecule is C[C@H](NC(=O)OC(C)(C)C)C(=O)N[C@H]1CCN(c2cc(F)c(F)cc2C#N)C1. The zero-order chi connectivity index (χ0) is 21.1. The molecule has 1 fully saturated rings. The third kappa shape index (κ3) is 5.55. The second-order valence-corrected chi connectivity index (χ2v) is 7.70. The van der Waals surface area contributed by atoms with E-state index in [0.717, 1.165) is 12.1 Å². The zero-order valence-corrected chi connectivity index (χ0v) is 16.3. The minimum absolute atomic E-state index is 0.0332. The average molecular weight is 394 g/mol. The molecule has 1 aliphatic heterocycles. The summed E-state index contributed by atoms with van der Waals surface area (Å²) >= 11 is 0. The molecule has 0 aliphatic carbocycles. The summed E-state index contributed by atoms with van der Waals surface area (Å²) in [5.74, 6) is -2.49. The molecular formula is C19H24F2N4O3. The van der Waals surface area contributed by atoms with E-state index >= 15 is 0 Å². The maximum absolute atomic E-state index is 13.6. The Morgan fingerprint density at radius 3 is 2.57 bits per heavy atom. The van der Waals surface area contributed by atoms with Gasteiger partial charge in [0.25, 0.3) is 0 Å². The lowest BCUT2D eigenvalue weighted by molar-refractivity contribution is -0.123. The molecule has 152 valence electrons. The van der Waals surface area contributed by atoms with Crippen molar-refractivity contribution in [3.63, 3.8) is 0 Å². The first-order valence-corrected chi connectivity index (χ1v) is 8.94. The fourth-order valence-corrected chi connectivity index (χ4v) is 2.86.